The molecule has 0 radical (unpaired) electrons. The highest BCUT2D eigenvalue weighted by Gasteiger charge is 2.38. The third kappa shape index (κ3) is 3.59. The van der Waals surface area contributed by atoms with E-state index in [-0.39, 0.29) is 5.69 Å². The van der Waals surface area contributed by atoms with Crippen LogP contribution in [-0.4, -0.2) is 20.9 Å². The smallest absolute Gasteiger partial charge is 0.414 e. The van der Waals surface area contributed by atoms with Crippen LogP contribution >= 0.6 is 0 Å². The number of rotatable bonds is 3. The van der Waals surface area contributed by atoms with Crippen LogP contribution in [0.5, 0.6) is 5.75 Å². The van der Waals surface area contributed by atoms with Crippen molar-refractivity contribution in [2.24, 2.45) is 0 Å². The van der Waals surface area contributed by atoms with Crippen LogP contribution in [0.4, 0.5) is 19.0 Å². The number of carbonyl (C=O) groups excluding carboxylic acids is 1. The van der Waals surface area contributed by atoms with Crippen LogP contribution in [0.25, 0.3) is 0 Å². The Morgan fingerprint density at radius 1 is 1.30 bits per heavy atom. The van der Waals surface area contributed by atoms with Crippen LogP contribution in [0.3, 0.4) is 0 Å². The van der Waals surface area contributed by atoms with E-state index in [9.17, 15) is 28.1 Å². The molecule has 23 heavy (non-hydrogen) atoms. The first-order valence-electron chi connectivity index (χ1n) is 6.06. The van der Waals surface area contributed by atoms with E-state index in [1.807, 2.05) is 0 Å². The van der Waals surface area contributed by atoms with Gasteiger partial charge in [-0.05, 0) is 34.2 Å². The molecular formula is C13H8F3N3O4. The summed E-state index contributed by atoms with van der Waals surface area (Å²) in [6.45, 7) is 1.47. The number of aryl methyl sites for hydroxylation is 1. The monoisotopic (exact) mass is 327 g/mol. The summed E-state index contributed by atoms with van der Waals surface area (Å²) < 4.78 is 43.2. The topological polar surface area (TPSA) is 95.2 Å². The molecule has 10 heteroatoms. The zero-order chi connectivity index (χ0) is 17.2. The highest BCUT2D eigenvalue weighted by molar-refractivity contribution is 5.92. The van der Waals surface area contributed by atoms with E-state index in [2.05, 4.69) is 9.97 Å². The molecule has 0 aliphatic rings. The molecule has 2 rings (SSSR count). The van der Waals surface area contributed by atoms with Crippen molar-refractivity contribution in [1.29, 1.82) is 0 Å². The average molecular weight is 327 g/mol. The predicted molar refractivity (Wildman–Crippen MR) is 69.8 cm³/mol. The number of nitro groups is 1. The summed E-state index contributed by atoms with van der Waals surface area (Å²) in [6, 6.07) is 4.39. The van der Waals surface area contributed by atoms with Crippen molar-refractivity contribution in [3.8, 4) is 5.75 Å². The van der Waals surface area contributed by atoms with Crippen LogP contribution < -0.4 is 4.74 Å². The minimum Gasteiger partial charge on any atom is -0.414 e. The third-order valence-corrected chi connectivity index (χ3v) is 2.65. The minimum absolute atomic E-state index is 0.286. The van der Waals surface area contributed by atoms with Crippen molar-refractivity contribution in [1.82, 2.24) is 9.97 Å². The van der Waals surface area contributed by atoms with Gasteiger partial charge in [-0.2, -0.15) is 13.2 Å². The number of alkyl halides is 3. The molecule has 0 aliphatic carbocycles. The molecular weight excluding hydrogens is 319 g/mol. The van der Waals surface area contributed by atoms with Crippen LogP contribution in [-0.2, 0) is 6.18 Å². The number of esters is 1. The predicted octanol–water partition coefficient (Wildman–Crippen LogP) is 2.93. The second-order valence-electron chi connectivity index (χ2n) is 4.32. The molecule has 0 saturated carbocycles. The van der Waals surface area contributed by atoms with Gasteiger partial charge in [0.2, 0.25) is 5.75 Å². The Hall–Kier alpha value is -3.04. The Morgan fingerprint density at radius 3 is 2.61 bits per heavy atom. The molecule has 0 unspecified atom stereocenters. The summed E-state index contributed by atoms with van der Waals surface area (Å²) in [5.41, 5.74) is -2.00. The van der Waals surface area contributed by atoms with Crippen molar-refractivity contribution >= 4 is 11.8 Å². The molecule has 0 aliphatic heterocycles. The maximum atomic E-state index is 12.8. The first-order valence-corrected chi connectivity index (χ1v) is 6.06. The van der Waals surface area contributed by atoms with Crippen molar-refractivity contribution < 1.29 is 27.6 Å². The Balaban J connectivity index is 2.40. The maximum absolute atomic E-state index is 12.8. The Kier molecular flexibility index (Phi) is 4.25. The molecule has 0 fully saturated rings. The zero-order valence-corrected chi connectivity index (χ0v) is 11.5. The van der Waals surface area contributed by atoms with Gasteiger partial charge in [-0.1, -0.05) is 0 Å². The van der Waals surface area contributed by atoms with E-state index in [1.165, 1.54) is 13.0 Å². The Morgan fingerprint density at radius 2 is 2.00 bits per heavy atom. The summed E-state index contributed by atoms with van der Waals surface area (Å²) in [6.07, 6.45) is -4.00. The molecule has 120 valence electrons. The highest BCUT2D eigenvalue weighted by Crippen LogP contribution is 2.31. The second-order valence-corrected chi connectivity index (χ2v) is 4.32. The molecule has 0 spiro atoms. The third-order valence-electron chi connectivity index (χ3n) is 2.65. The average Bonchev–Trinajstić information content (AvgIpc) is 2.48. The summed E-state index contributed by atoms with van der Waals surface area (Å²) in [7, 11) is 0. The lowest BCUT2D eigenvalue weighted by molar-refractivity contribution is -0.390. The molecule has 0 bridgehead atoms. The number of hydrogen-bond acceptors (Lipinski definition) is 6. The van der Waals surface area contributed by atoms with E-state index in [4.69, 9.17) is 4.74 Å². The van der Waals surface area contributed by atoms with Crippen molar-refractivity contribution in [2.45, 2.75) is 13.1 Å². The van der Waals surface area contributed by atoms with Gasteiger partial charge in [0.05, 0.1) is 5.56 Å². The normalized spacial score (nSPS) is 11.1. The molecule has 0 aromatic carbocycles. The Bertz CT molecular complexity index is 777. The van der Waals surface area contributed by atoms with Gasteiger partial charge < -0.3 is 14.9 Å². The van der Waals surface area contributed by atoms with Gasteiger partial charge in [0.15, 0.2) is 5.69 Å². The summed E-state index contributed by atoms with van der Waals surface area (Å²) in [4.78, 5) is 28.6. The van der Waals surface area contributed by atoms with Crippen molar-refractivity contribution in [2.75, 3.05) is 0 Å². The van der Waals surface area contributed by atoms with E-state index in [0.29, 0.717) is 0 Å². The number of carbonyl (C=O) groups is 1. The quantitative estimate of drug-likeness (QED) is 0.488. The fraction of sp³-hybridized carbons (Fsp3) is 0.154. The number of ether oxygens (including phenoxy) is 1. The van der Waals surface area contributed by atoms with Crippen LogP contribution in [0.15, 0.2) is 30.5 Å². The number of halogens is 3. The number of nitrogens with zero attached hydrogens (tertiary/aromatic N) is 3. The molecule has 7 nitrogen and oxygen atoms in total. The lowest BCUT2D eigenvalue weighted by atomic mass is 10.2. The fourth-order valence-corrected chi connectivity index (χ4v) is 1.69. The Labute approximate surface area is 126 Å². The lowest BCUT2D eigenvalue weighted by Gasteiger charge is -2.10. The fourth-order valence-electron chi connectivity index (χ4n) is 1.69. The van der Waals surface area contributed by atoms with Crippen LogP contribution in [0.2, 0.25) is 0 Å². The van der Waals surface area contributed by atoms with Gasteiger partial charge in [-0.25, -0.2) is 4.79 Å². The number of aromatic nitrogens is 2. The summed E-state index contributed by atoms with van der Waals surface area (Å²) in [5, 5.41) is 10.9. The molecule has 2 aromatic rings. The highest BCUT2D eigenvalue weighted by atomic mass is 19.4. The van der Waals surface area contributed by atoms with E-state index in [1.54, 1.807) is 0 Å². The van der Waals surface area contributed by atoms with Crippen LogP contribution in [0, 0.1) is 17.0 Å². The van der Waals surface area contributed by atoms with Gasteiger partial charge in [-0.3, -0.25) is 4.98 Å². The SMILES string of the molecule is Cc1ccc(OC(=O)c2cccnc2C(F)(F)F)c([N+](=O)[O-])n1. The molecule has 0 N–H and O–H groups in total. The second kappa shape index (κ2) is 5.99. The van der Waals surface area contributed by atoms with Crippen molar-refractivity contribution in [3.63, 3.8) is 0 Å². The lowest BCUT2D eigenvalue weighted by Crippen LogP contribution is -2.19. The largest absolute Gasteiger partial charge is 0.434 e. The van der Waals surface area contributed by atoms with E-state index < -0.39 is 39.9 Å². The van der Waals surface area contributed by atoms with Crippen LogP contribution in [0.1, 0.15) is 21.7 Å². The molecule has 0 saturated heterocycles. The number of pyridine rings is 2. The summed E-state index contributed by atoms with van der Waals surface area (Å²) in [5.74, 6) is -2.74. The summed E-state index contributed by atoms with van der Waals surface area (Å²) >= 11 is 0. The maximum Gasteiger partial charge on any atom is 0.434 e. The first-order chi connectivity index (χ1) is 10.7. The molecule has 0 atom stereocenters. The zero-order valence-electron chi connectivity index (χ0n) is 11.5. The number of hydrogen-bond donors (Lipinski definition) is 0. The van der Waals surface area contributed by atoms with E-state index >= 15 is 0 Å². The van der Waals surface area contributed by atoms with Gasteiger partial charge in [0.25, 0.3) is 0 Å². The van der Waals surface area contributed by atoms with Gasteiger partial charge in [0, 0.05) is 13.1 Å². The van der Waals surface area contributed by atoms with Gasteiger partial charge in [-0.15, -0.1) is 0 Å². The standard InChI is InChI=1S/C13H8F3N3O4/c1-7-4-5-9(11(18-7)19(21)22)23-12(20)8-3-2-6-17-10(8)13(14,15)16/h2-6H,1H3. The molecule has 2 aromatic heterocycles. The first kappa shape index (κ1) is 16.3. The van der Waals surface area contributed by atoms with Crippen molar-refractivity contribution in [3.05, 3.63) is 57.5 Å². The molecule has 2 heterocycles. The van der Waals surface area contributed by atoms with Gasteiger partial charge in [0.1, 0.15) is 5.69 Å². The minimum atomic E-state index is -4.87. The van der Waals surface area contributed by atoms with E-state index in [0.717, 1.165) is 24.4 Å². The molecule has 0 amide bonds. The van der Waals surface area contributed by atoms with Gasteiger partial charge >= 0.3 is 18.0 Å².